The summed E-state index contributed by atoms with van der Waals surface area (Å²) in [7, 11) is 0. The zero-order valence-corrected chi connectivity index (χ0v) is 10.8. The number of hydrogen-bond acceptors (Lipinski definition) is 4. The third-order valence-electron chi connectivity index (χ3n) is 2.21. The van der Waals surface area contributed by atoms with Crippen molar-refractivity contribution in [1.29, 1.82) is 0 Å². The molecule has 1 aromatic rings. The second-order valence-electron chi connectivity index (χ2n) is 5.11. The quantitative estimate of drug-likeness (QED) is 0.815. The smallest absolute Gasteiger partial charge is 0.307 e. The van der Waals surface area contributed by atoms with Gasteiger partial charge in [-0.3, -0.25) is 9.59 Å². The van der Waals surface area contributed by atoms with Crippen molar-refractivity contribution in [2.75, 3.05) is 0 Å². The first-order chi connectivity index (χ1) is 8.28. The van der Waals surface area contributed by atoms with Crippen molar-refractivity contribution in [3.05, 3.63) is 24.2 Å². The van der Waals surface area contributed by atoms with E-state index >= 15 is 0 Å². The van der Waals surface area contributed by atoms with Crippen LogP contribution in [-0.2, 0) is 20.7 Å². The SMILES string of the molecule is CC(C)(C)OC(=O)C[C@@H](Cc1ccco1)C(=O)O. The van der Waals surface area contributed by atoms with Gasteiger partial charge in [0.1, 0.15) is 11.4 Å². The highest BCUT2D eigenvalue weighted by atomic mass is 16.6. The fraction of sp³-hybridized carbons (Fsp3) is 0.538. The fourth-order valence-electron chi connectivity index (χ4n) is 1.50. The van der Waals surface area contributed by atoms with E-state index < -0.39 is 23.5 Å². The highest BCUT2D eigenvalue weighted by Gasteiger charge is 2.26. The number of carbonyl (C=O) groups excluding carboxylic acids is 1. The summed E-state index contributed by atoms with van der Waals surface area (Å²) in [6, 6.07) is 3.37. The summed E-state index contributed by atoms with van der Waals surface area (Å²) in [4.78, 5) is 22.7. The Morgan fingerprint density at radius 2 is 2.11 bits per heavy atom. The summed E-state index contributed by atoms with van der Waals surface area (Å²) in [5.74, 6) is -1.82. The van der Waals surface area contributed by atoms with Crippen LogP contribution in [0.25, 0.3) is 0 Å². The van der Waals surface area contributed by atoms with Gasteiger partial charge < -0.3 is 14.3 Å². The van der Waals surface area contributed by atoms with Gasteiger partial charge in [-0.15, -0.1) is 0 Å². The molecule has 0 aliphatic carbocycles. The Morgan fingerprint density at radius 1 is 1.44 bits per heavy atom. The van der Waals surface area contributed by atoms with Gasteiger partial charge in [0.25, 0.3) is 0 Å². The summed E-state index contributed by atoms with van der Waals surface area (Å²) in [5, 5.41) is 9.07. The standard InChI is InChI=1S/C13H18O5/c1-13(2,3)18-11(14)8-9(12(15)16)7-10-5-4-6-17-10/h4-6,9H,7-8H2,1-3H3,(H,15,16)/t9-/m1/s1. The summed E-state index contributed by atoms with van der Waals surface area (Å²) < 4.78 is 10.2. The van der Waals surface area contributed by atoms with Gasteiger partial charge in [-0.2, -0.15) is 0 Å². The van der Waals surface area contributed by atoms with Crippen LogP contribution in [0.3, 0.4) is 0 Å². The molecule has 0 aromatic carbocycles. The molecule has 18 heavy (non-hydrogen) atoms. The Bertz CT molecular complexity index is 400. The van der Waals surface area contributed by atoms with Crippen molar-refractivity contribution in [2.24, 2.45) is 5.92 Å². The van der Waals surface area contributed by atoms with Crippen LogP contribution in [0.2, 0.25) is 0 Å². The Kier molecular flexibility index (Phi) is 4.53. The maximum Gasteiger partial charge on any atom is 0.307 e. The summed E-state index contributed by atoms with van der Waals surface area (Å²) in [5.41, 5.74) is -0.606. The summed E-state index contributed by atoms with van der Waals surface area (Å²) in [6.45, 7) is 5.23. The van der Waals surface area contributed by atoms with E-state index in [0.717, 1.165) is 0 Å². The zero-order chi connectivity index (χ0) is 13.8. The highest BCUT2D eigenvalue weighted by Crippen LogP contribution is 2.16. The number of furan rings is 1. The molecule has 0 fully saturated rings. The van der Waals surface area contributed by atoms with Gasteiger partial charge in [0.05, 0.1) is 18.6 Å². The molecule has 1 N–H and O–H groups in total. The highest BCUT2D eigenvalue weighted by molar-refractivity contribution is 5.79. The molecular weight excluding hydrogens is 236 g/mol. The lowest BCUT2D eigenvalue weighted by molar-refractivity contribution is -0.159. The zero-order valence-electron chi connectivity index (χ0n) is 10.8. The minimum absolute atomic E-state index is 0.159. The number of aliphatic carboxylic acids is 1. The third-order valence-corrected chi connectivity index (χ3v) is 2.21. The van der Waals surface area contributed by atoms with Crippen molar-refractivity contribution >= 4 is 11.9 Å². The lowest BCUT2D eigenvalue weighted by Gasteiger charge is -2.20. The van der Waals surface area contributed by atoms with E-state index in [9.17, 15) is 9.59 Å². The molecule has 0 radical (unpaired) electrons. The Hall–Kier alpha value is -1.78. The van der Waals surface area contributed by atoms with E-state index in [2.05, 4.69) is 0 Å². The predicted molar refractivity (Wildman–Crippen MR) is 64.0 cm³/mol. The predicted octanol–water partition coefficient (Wildman–Crippen LogP) is 2.25. The molecule has 1 heterocycles. The van der Waals surface area contributed by atoms with Gasteiger partial charge in [-0.05, 0) is 32.9 Å². The van der Waals surface area contributed by atoms with Crippen LogP contribution in [0.1, 0.15) is 33.0 Å². The van der Waals surface area contributed by atoms with Crippen LogP contribution >= 0.6 is 0 Å². The number of carboxylic acids is 1. The third kappa shape index (κ3) is 5.03. The molecule has 1 atom stereocenters. The largest absolute Gasteiger partial charge is 0.481 e. The molecule has 1 rings (SSSR count). The average molecular weight is 254 g/mol. The maximum absolute atomic E-state index is 11.6. The van der Waals surface area contributed by atoms with Gasteiger partial charge in [0.2, 0.25) is 0 Å². The number of hydrogen-bond donors (Lipinski definition) is 1. The van der Waals surface area contributed by atoms with Crippen LogP contribution in [0.4, 0.5) is 0 Å². The van der Waals surface area contributed by atoms with Gasteiger partial charge in [0, 0.05) is 6.42 Å². The molecular formula is C13H18O5. The van der Waals surface area contributed by atoms with Crippen molar-refractivity contribution < 1.29 is 23.8 Å². The molecule has 100 valence electrons. The van der Waals surface area contributed by atoms with Crippen molar-refractivity contribution in [3.8, 4) is 0 Å². The average Bonchev–Trinajstić information content (AvgIpc) is 2.66. The summed E-state index contributed by atoms with van der Waals surface area (Å²) in [6.07, 6.45) is 1.50. The van der Waals surface area contributed by atoms with Crippen LogP contribution in [0, 0.1) is 5.92 Å². The first-order valence-corrected chi connectivity index (χ1v) is 5.75. The molecule has 5 heteroatoms. The van der Waals surface area contributed by atoms with Crippen LogP contribution in [0.15, 0.2) is 22.8 Å². The van der Waals surface area contributed by atoms with E-state index in [1.54, 1.807) is 32.9 Å². The molecule has 0 spiro atoms. The van der Waals surface area contributed by atoms with Crippen molar-refractivity contribution in [1.82, 2.24) is 0 Å². The van der Waals surface area contributed by atoms with E-state index in [0.29, 0.717) is 5.76 Å². The molecule has 1 aromatic heterocycles. The van der Waals surface area contributed by atoms with E-state index in [1.165, 1.54) is 6.26 Å². The minimum Gasteiger partial charge on any atom is -0.481 e. The Morgan fingerprint density at radius 3 is 2.56 bits per heavy atom. The molecule has 0 aliphatic rings. The lowest BCUT2D eigenvalue weighted by atomic mass is 10.00. The molecule has 5 nitrogen and oxygen atoms in total. The second kappa shape index (κ2) is 5.71. The molecule has 0 saturated heterocycles. The number of carboxylic acid groups (broad SMARTS) is 1. The van der Waals surface area contributed by atoms with Crippen LogP contribution in [0.5, 0.6) is 0 Å². The van der Waals surface area contributed by atoms with Gasteiger partial charge in [-0.25, -0.2) is 0 Å². The van der Waals surface area contributed by atoms with Crippen molar-refractivity contribution in [3.63, 3.8) is 0 Å². The lowest BCUT2D eigenvalue weighted by Crippen LogP contribution is -2.28. The van der Waals surface area contributed by atoms with Crippen LogP contribution in [-0.4, -0.2) is 22.6 Å². The fourth-order valence-corrected chi connectivity index (χ4v) is 1.50. The monoisotopic (exact) mass is 254 g/mol. The molecule has 0 saturated carbocycles. The normalized spacial score (nSPS) is 13.1. The number of esters is 1. The number of ether oxygens (including phenoxy) is 1. The van der Waals surface area contributed by atoms with Gasteiger partial charge in [-0.1, -0.05) is 0 Å². The van der Waals surface area contributed by atoms with Crippen molar-refractivity contribution in [2.45, 2.75) is 39.2 Å². The van der Waals surface area contributed by atoms with Gasteiger partial charge >= 0.3 is 11.9 Å². The van der Waals surface area contributed by atoms with E-state index in [1.807, 2.05) is 0 Å². The number of carbonyl (C=O) groups is 2. The summed E-state index contributed by atoms with van der Waals surface area (Å²) >= 11 is 0. The molecule has 0 amide bonds. The molecule has 0 aliphatic heterocycles. The number of rotatable bonds is 5. The van der Waals surface area contributed by atoms with Gasteiger partial charge in [0.15, 0.2) is 0 Å². The topological polar surface area (TPSA) is 76.7 Å². The van der Waals surface area contributed by atoms with Crippen LogP contribution < -0.4 is 0 Å². The first kappa shape index (κ1) is 14.3. The first-order valence-electron chi connectivity index (χ1n) is 5.75. The Labute approximate surface area is 106 Å². The maximum atomic E-state index is 11.6. The molecule has 0 unspecified atom stereocenters. The second-order valence-corrected chi connectivity index (χ2v) is 5.11. The minimum atomic E-state index is -1.03. The van der Waals surface area contributed by atoms with E-state index in [-0.39, 0.29) is 12.8 Å². The molecule has 0 bridgehead atoms. The van der Waals surface area contributed by atoms with E-state index in [4.69, 9.17) is 14.3 Å². The Balaban J connectivity index is 2.58.